The predicted octanol–water partition coefficient (Wildman–Crippen LogP) is 3.68. The Bertz CT molecular complexity index is 694. The maximum atomic E-state index is 12.7. The number of anilines is 1. The Hall–Kier alpha value is -2.29. The van der Waals surface area contributed by atoms with E-state index >= 15 is 0 Å². The minimum absolute atomic E-state index is 0.141. The third-order valence-electron chi connectivity index (χ3n) is 4.25. The van der Waals surface area contributed by atoms with Crippen molar-refractivity contribution in [1.82, 2.24) is 0 Å². The Morgan fingerprint density at radius 3 is 2.64 bits per heavy atom. The van der Waals surface area contributed by atoms with Gasteiger partial charge in [0.2, 0.25) is 5.70 Å². The van der Waals surface area contributed by atoms with Gasteiger partial charge in [-0.1, -0.05) is 12.1 Å². The summed E-state index contributed by atoms with van der Waals surface area (Å²) in [6, 6.07) is 5.24. The van der Waals surface area contributed by atoms with Gasteiger partial charge >= 0.3 is 6.18 Å². The predicted molar refractivity (Wildman–Crippen MR) is 75.0 cm³/mol. The highest BCUT2D eigenvalue weighted by Gasteiger charge is 2.44. The summed E-state index contributed by atoms with van der Waals surface area (Å²) in [6.45, 7) is 8.10. The molecule has 1 aliphatic heterocycles. The van der Waals surface area contributed by atoms with Gasteiger partial charge in [-0.25, -0.2) is 4.85 Å². The first kappa shape index (κ1) is 14.6. The molecule has 0 amide bonds. The van der Waals surface area contributed by atoms with Crippen LogP contribution in [0.25, 0.3) is 4.85 Å². The topological polar surface area (TPSA) is 24.7 Å². The molecule has 3 rings (SSSR count). The molecule has 1 spiro atoms. The lowest BCUT2D eigenvalue weighted by molar-refractivity contribution is -0.137. The van der Waals surface area contributed by atoms with E-state index in [1.165, 1.54) is 6.07 Å². The molecule has 1 aliphatic carbocycles. The van der Waals surface area contributed by atoms with Gasteiger partial charge in [-0.3, -0.25) is 0 Å². The first-order valence-electron chi connectivity index (χ1n) is 6.89. The Balaban J connectivity index is 1.78. The zero-order chi connectivity index (χ0) is 16.0. The number of benzene rings is 1. The van der Waals surface area contributed by atoms with E-state index in [2.05, 4.69) is 4.85 Å². The fraction of sp³-hybridized carbons (Fsp3) is 0.375. The molecule has 3 nitrogen and oxygen atoms in total. The number of carbonyl (C=O) groups excluding carboxylic acids is 1. The maximum absolute atomic E-state index is 12.7. The summed E-state index contributed by atoms with van der Waals surface area (Å²) in [7, 11) is 0. The van der Waals surface area contributed by atoms with E-state index in [1.54, 1.807) is 12.1 Å². The summed E-state index contributed by atoms with van der Waals surface area (Å²) in [6.07, 6.45) is -1.66. The average molecular weight is 306 g/mol. The van der Waals surface area contributed by atoms with Crippen LogP contribution in [0.5, 0.6) is 0 Å². The smallest absolute Gasteiger partial charge is 0.370 e. The van der Waals surface area contributed by atoms with Crippen LogP contribution in [0.15, 0.2) is 36.0 Å². The van der Waals surface area contributed by atoms with E-state index in [0.29, 0.717) is 31.6 Å². The van der Waals surface area contributed by atoms with Crippen molar-refractivity contribution in [3.8, 4) is 0 Å². The highest BCUT2D eigenvalue weighted by molar-refractivity contribution is 5.98. The quantitative estimate of drug-likeness (QED) is 0.739. The molecule has 114 valence electrons. The highest BCUT2D eigenvalue weighted by Crippen LogP contribution is 2.44. The van der Waals surface area contributed by atoms with Crippen molar-refractivity contribution in [3.05, 3.63) is 53.0 Å². The number of hydrogen-bond acceptors (Lipinski definition) is 2. The Kier molecular flexibility index (Phi) is 3.24. The number of carbonyl (C=O) groups is 1. The molecule has 0 N–H and O–H groups in total. The second-order valence-corrected chi connectivity index (χ2v) is 5.83. The molecule has 0 unspecified atom stereocenters. The third kappa shape index (κ3) is 2.47. The molecular formula is C16H13F3N2O. The zero-order valence-electron chi connectivity index (χ0n) is 11.7. The third-order valence-corrected chi connectivity index (χ3v) is 4.25. The van der Waals surface area contributed by atoms with Crippen LogP contribution < -0.4 is 4.90 Å². The molecule has 0 saturated carbocycles. The minimum Gasteiger partial charge on any atom is -0.370 e. The van der Waals surface area contributed by atoms with Gasteiger partial charge in [0, 0.05) is 30.6 Å². The summed E-state index contributed by atoms with van der Waals surface area (Å²) in [4.78, 5) is 16.6. The lowest BCUT2D eigenvalue weighted by atomic mass is 9.71. The van der Waals surface area contributed by atoms with Crippen LogP contribution in [0.2, 0.25) is 0 Å². The summed E-state index contributed by atoms with van der Waals surface area (Å²) in [5.74, 6) is -0.141. The second kappa shape index (κ2) is 4.87. The molecule has 1 heterocycles. The van der Waals surface area contributed by atoms with Crippen molar-refractivity contribution in [2.75, 3.05) is 18.0 Å². The number of hydrogen-bond donors (Lipinski definition) is 0. The van der Waals surface area contributed by atoms with Gasteiger partial charge in [-0.2, -0.15) is 13.2 Å². The number of nitrogens with zero attached hydrogens (tertiary/aromatic N) is 2. The molecule has 0 aromatic heterocycles. The van der Waals surface area contributed by atoms with Gasteiger partial charge in [0.25, 0.3) is 0 Å². The van der Waals surface area contributed by atoms with Crippen LogP contribution in [-0.2, 0) is 11.0 Å². The van der Waals surface area contributed by atoms with E-state index in [9.17, 15) is 18.0 Å². The largest absolute Gasteiger partial charge is 0.416 e. The second-order valence-electron chi connectivity index (χ2n) is 5.83. The zero-order valence-corrected chi connectivity index (χ0v) is 11.7. The molecule has 22 heavy (non-hydrogen) atoms. The van der Waals surface area contributed by atoms with Crippen LogP contribution in [0.3, 0.4) is 0 Å². The molecular weight excluding hydrogens is 293 g/mol. The van der Waals surface area contributed by atoms with E-state index in [4.69, 9.17) is 6.57 Å². The van der Waals surface area contributed by atoms with Crippen molar-refractivity contribution < 1.29 is 18.0 Å². The van der Waals surface area contributed by atoms with Crippen LogP contribution in [-0.4, -0.2) is 18.9 Å². The molecule has 0 radical (unpaired) electrons. The average Bonchev–Trinajstić information content (AvgIpc) is 2.45. The molecule has 0 bridgehead atoms. The number of allylic oxidation sites excluding steroid dienone is 1. The first-order valence-corrected chi connectivity index (χ1v) is 6.89. The van der Waals surface area contributed by atoms with Gasteiger partial charge < -0.3 is 9.69 Å². The standard InChI is InChI=1S/C16H13F3N2O/c1-20-13-8-15(6-5-14(13)22)9-21(10-15)12-4-2-3-11(7-12)16(17,18)19/h2-4,7-8H,5-6,9-10H2. The van der Waals surface area contributed by atoms with E-state index < -0.39 is 11.7 Å². The Labute approximate surface area is 125 Å². The summed E-state index contributed by atoms with van der Waals surface area (Å²) >= 11 is 0. The van der Waals surface area contributed by atoms with Gasteiger partial charge in [0.15, 0.2) is 5.78 Å². The fourth-order valence-electron chi connectivity index (χ4n) is 3.05. The molecule has 0 atom stereocenters. The highest BCUT2D eigenvalue weighted by atomic mass is 19.4. The summed E-state index contributed by atoms with van der Waals surface area (Å²) in [5.41, 5.74) is -0.227. The first-order chi connectivity index (χ1) is 10.3. The molecule has 1 aromatic carbocycles. The number of alkyl halides is 3. The number of Topliss-reactive ketones (excluding diaryl/α,β-unsaturated/α-hetero) is 1. The Morgan fingerprint density at radius 1 is 1.27 bits per heavy atom. The molecule has 1 fully saturated rings. The Morgan fingerprint density at radius 2 is 2.00 bits per heavy atom. The van der Waals surface area contributed by atoms with Crippen molar-refractivity contribution in [2.45, 2.75) is 19.0 Å². The number of halogens is 3. The lowest BCUT2D eigenvalue weighted by Gasteiger charge is -2.51. The van der Waals surface area contributed by atoms with Crippen molar-refractivity contribution in [3.63, 3.8) is 0 Å². The van der Waals surface area contributed by atoms with Crippen LogP contribution in [0.4, 0.5) is 18.9 Å². The molecule has 6 heteroatoms. The monoisotopic (exact) mass is 306 g/mol. The summed E-state index contributed by atoms with van der Waals surface area (Å²) < 4.78 is 38.2. The van der Waals surface area contributed by atoms with Gasteiger partial charge in [0.1, 0.15) is 0 Å². The van der Waals surface area contributed by atoms with Crippen LogP contribution in [0, 0.1) is 12.0 Å². The summed E-state index contributed by atoms with van der Waals surface area (Å²) in [5, 5.41) is 0. The van der Waals surface area contributed by atoms with Crippen LogP contribution in [0.1, 0.15) is 18.4 Å². The molecule has 1 saturated heterocycles. The number of rotatable bonds is 1. The van der Waals surface area contributed by atoms with Gasteiger partial charge in [0.05, 0.1) is 12.1 Å². The van der Waals surface area contributed by atoms with Crippen molar-refractivity contribution in [2.24, 2.45) is 5.41 Å². The van der Waals surface area contributed by atoms with Crippen molar-refractivity contribution in [1.29, 1.82) is 0 Å². The van der Waals surface area contributed by atoms with Gasteiger partial charge in [-0.05, 0) is 24.6 Å². The van der Waals surface area contributed by atoms with E-state index in [1.807, 2.05) is 4.90 Å². The van der Waals surface area contributed by atoms with E-state index in [0.717, 1.165) is 12.1 Å². The van der Waals surface area contributed by atoms with E-state index in [-0.39, 0.29) is 16.9 Å². The van der Waals surface area contributed by atoms with Gasteiger partial charge in [-0.15, -0.1) is 0 Å². The SMILES string of the molecule is [C-]#[N+]C1=CC2(CCC1=O)CN(c1cccc(C(F)(F)F)c1)C2. The normalized spacial score (nSPS) is 20.4. The lowest BCUT2D eigenvalue weighted by Crippen LogP contribution is -2.56. The molecule has 2 aliphatic rings. The minimum atomic E-state index is -4.35. The van der Waals surface area contributed by atoms with Crippen molar-refractivity contribution >= 4 is 11.5 Å². The number of ketones is 1. The van der Waals surface area contributed by atoms with Crippen LogP contribution >= 0.6 is 0 Å². The molecule has 1 aromatic rings. The fourth-order valence-corrected chi connectivity index (χ4v) is 3.05. The maximum Gasteiger partial charge on any atom is 0.416 e.